The summed E-state index contributed by atoms with van der Waals surface area (Å²) >= 11 is 0. The summed E-state index contributed by atoms with van der Waals surface area (Å²) in [7, 11) is 0. The highest BCUT2D eigenvalue weighted by Crippen LogP contribution is 2.30. The molecule has 2 aromatic heterocycles. The number of rotatable bonds is 5. The first kappa shape index (κ1) is 13.7. The molecule has 4 heteroatoms. The van der Waals surface area contributed by atoms with Crippen LogP contribution in [-0.4, -0.2) is 9.97 Å². The Morgan fingerprint density at radius 2 is 1.24 bits per heavy atom. The zero-order chi connectivity index (χ0) is 14.7. The van der Waals surface area contributed by atoms with Gasteiger partial charge in [-0.05, 0) is 29.8 Å². The molecule has 0 saturated carbocycles. The van der Waals surface area contributed by atoms with Gasteiger partial charge in [0.15, 0.2) is 0 Å². The molecule has 0 aliphatic rings. The normalized spacial score (nSPS) is 11.2. The van der Waals surface area contributed by atoms with Gasteiger partial charge in [-0.3, -0.25) is 0 Å². The predicted octanol–water partition coefficient (Wildman–Crippen LogP) is 2.44. The topological polar surface area (TPSA) is 83.6 Å². The molecule has 0 fully saturated rings. The van der Waals surface area contributed by atoms with Crippen molar-refractivity contribution < 1.29 is 0 Å². The summed E-state index contributed by atoms with van der Waals surface area (Å²) in [5.74, 6) is 0.131. The standard InChI is InChI=1S/C17H20N4/c18-10-13-6-8-15(20-13)17(12-4-2-1-3-5-12)16-9-7-14(11-19)21-16/h1-9,17,20-21H,10-11,18-19H2. The lowest BCUT2D eigenvalue weighted by molar-refractivity contribution is 0.865. The van der Waals surface area contributed by atoms with Crippen molar-refractivity contribution in [3.63, 3.8) is 0 Å². The van der Waals surface area contributed by atoms with Crippen molar-refractivity contribution in [1.82, 2.24) is 9.97 Å². The summed E-state index contributed by atoms with van der Waals surface area (Å²) in [4.78, 5) is 6.82. The van der Waals surface area contributed by atoms with E-state index in [1.54, 1.807) is 0 Å². The zero-order valence-corrected chi connectivity index (χ0v) is 11.8. The molecule has 1 aromatic carbocycles. The van der Waals surface area contributed by atoms with Crippen LogP contribution in [0.15, 0.2) is 54.6 Å². The first-order valence-corrected chi connectivity index (χ1v) is 7.12. The van der Waals surface area contributed by atoms with E-state index < -0.39 is 0 Å². The van der Waals surface area contributed by atoms with Crippen molar-refractivity contribution in [2.75, 3.05) is 0 Å². The van der Waals surface area contributed by atoms with E-state index in [-0.39, 0.29) is 5.92 Å². The van der Waals surface area contributed by atoms with Crippen molar-refractivity contribution >= 4 is 0 Å². The summed E-state index contributed by atoms with van der Waals surface area (Å²) < 4.78 is 0. The third-order valence-electron chi connectivity index (χ3n) is 3.73. The summed E-state index contributed by atoms with van der Waals surface area (Å²) in [6.07, 6.45) is 0. The highest BCUT2D eigenvalue weighted by atomic mass is 14.8. The maximum Gasteiger partial charge on any atom is 0.0641 e. The van der Waals surface area contributed by atoms with Crippen molar-refractivity contribution in [2.45, 2.75) is 19.0 Å². The van der Waals surface area contributed by atoms with E-state index in [0.717, 1.165) is 22.8 Å². The lowest BCUT2D eigenvalue weighted by Crippen LogP contribution is -2.06. The third kappa shape index (κ3) is 2.77. The smallest absolute Gasteiger partial charge is 0.0641 e. The van der Waals surface area contributed by atoms with Crippen LogP contribution < -0.4 is 11.5 Å². The van der Waals surface area contributed by atoms with Gasteiger partial charge in [0.05, 0.1) is 5.92 Å². The van der Waals surface area contributed by atoms with E-state index >= 15 is 0 Å². The summed E-state index contributed by atoms with van der Waals surface area (Å²) in [5.41, 5.74) is 17.0. The number of aromatic amines is 2. The highest BCUT2D eigenvalue weighted by Gasteiger charge is 2.19. The van der Waals surface area contributed by atoms with Crippen molar-refractivity contribution in [3.8, 4) is 0 Å². The Labute approximate surface area is 124 Å². The van der Waals surface area contributed by atoms with E-state index in [1.165, 1.54) is 5.56 Å². The van der Waals surface area contributed by atoms with Crippen LogP contribution >= 0.6 is 0 Å². The van der Waals surface area contributed by atoms with E-state index in [1.807, 2.05) is 18.2 Å². The lowest BCUT2D eigenvalue weighted by Gasteiger charge is -2.15. The van der Waals surface area contributed by atoms with Crippen LogP contribution in [0.1, 0.15) is 34.3 Å². The minimum Gasteiger partial charge on any atom is -0.360 e. The molecular formula is C17H20N4. The second-order valence-electron chi connectivity index (χ2n) is 5.13. The summed E-state index contributed by atoms with van der Waals surface area (Å²) in [6, 6.07) is 18.7. The molecule has 2 heterocycles. The molecule has 108 valence electrons. The Hall–Kier alpha value is -2.30. The fourth-order valence-electron chi connectivity index (χ4n) is 2.67. The molecule has 0 aliphatic heterocycles. The Bertz CT molecular complexity index is 654. The Morgan fingerprint density at radius 1 is 0.714 bits per heavy atom. The highest BCUT2D eigenvalue weighted by molar-refractivity contribution is 5.39. The summed E-state index contributed by atoms with van der Waals surface area (Å²) in [6.45, 7) is 1.03. The van der Waals surface area contributed by atoms with E-state index in [9.17, 15) is 0 Å². The fraction of sp³-hybridized carbons (Fsp3) is 0.176. The molecule has 0 radical (unpaired) electrons. The number of nitrogens with two attached hydrogens (primary N) is 2. The molecule has 0 unspecified atom stereocenters. The molecule has 0 atom stereocenters. The number of nitrogens with one attached hydrogen (secondary N) is 2. The number of aromatic nitrogens is 2. The minimum absolute atomic E-state index is 0.131. The number of hydrogen-bond acceptors (Lipinski definition) is 2. The SMILES string of the molecule is NCc1ccc(C(c2ccccc2)c2ccc(CN)[nH]2)[nH]1. The molecule has 3 aromatic rings. The van der Waals surface area contributed by atoms with Gasteiger partial charge in [0.1, 0.15) is 0 Å². The zero-order valence-electron chi connectivity index (χ0n) is 11.8. The van der Waals surface area contributed by atoms with Crippen LogP contribution in [-0.2, 0) is 13.1 Å². The molecular weight excluding hydrogens is 260 g/mol. The Morgan fingerprint density at radius 3 is 1.67 bits per heavy atom. The minimum atomic E-state index is 0.131. The molecule has 21 heavy (non-hydrogen) atoms. The first-order valence-electron chi connectivity index (χ1n) is 7.12. The Kier molecular flexibility index (Phi) is 3.90. The quantitative estimate of drug-likeness (QED) is 0.579. The van der Waals surface area contributed by atoms with Gasteiger partial charge in [-0.2, -0.15) is 0 Å². The molecule has 0 bridgehead atoms. The van der Waals surface area contributed by atoms with Crippen molar-refractivity contribution in [2.24, 2.45) is 11.5 Å². The van der Waals surface area contributed by atoms with Crippen LogP contribution in [0.4, 0.5) is 0 Å². The van der Waals surface area contributed by atoms with Gasteiger partial charge in [-0.15, -0.1) is 0 Å². The number of H-pyrrole nitrogens is 2. The van der Waals surface area contributed by atoms with Gasteiger partial charge in [-0.1, -0.05) is 30.3 Å². The average Bonchev–Trinajstić information content (AvgIpc) is 3.18. The summed E-state index contributed by atoms with van der Waals surface area (Å²) in [5, 5.41) is 0. The van der Waals surface area contributed by atoms with E-state index in [4.69, 9.17) is 11.5 Å². The van der Waals surface area contributed by atoms with E-state index in [2.05, 4.69) is 46.4 Å². The largest absolute Gasteiger partial charge is 0.360 e. The van der Waals surface area contributed by atoms with E-state index in [0.29, 0.717) is 13.1 Å². The number of benzene rings is 1. The molecule has 0 saturated heterocycles. The number of hydrogen-bond donors (Lipinski definition) is 4. The van der Waals surface area contributed by atoms with Crippen LogP contribution in [0, 0.1) is 0 Å². The third-order valence-corrected chi connectivity index (χ3v) is 3.73. The molecule has 4 nitrogen and oxygen atoms in total. The van der Waals surface area contributed by atoms with Gasteiger partial charge in [0.2, 0.25) is 0 Å². The van der Waals surface area contributed by atoms with Gasteiger partial charge < -0.3 is 21.4 Å². The van der Waals surface area contributed by atoms with Crippen LogP contribution in [0.25, 0.3) is 0 Å². The molecule has 0 amide bonds. The average molecular weight is 280 g/mol. The van der Waals surface area contributed by atoms with Gasteiger partial charge in [-0.25, -0.2) is 0 Å². The van der Waals surface area contributed by atoms with Crippen LogP contribution in [0.5, 0.6) is 0 Å². The Balaban J connectivity index is 2.06. The predicted molar refractivity (Wildman–Crippen MR) is 84.8 cm³/mol. The van der Waals surface area contributed by atoms with Crippen LogP contribution in [0.2, 0.25) is 0 Å². The monoisotopic (exact) mass is 280 g/mol. The maximum absolute atomic E-state index is 5.71. The van der Waals surface area contributed by atoms with Gasteiger partial charge in [0, 0.05) is 35.9 Å². The molecule has 0 aliphatic carbocycles. The van der Waals surface area contributed by atoms with Gasteiger partial charge in [0.25, 0.3) is 0 Å². The second-order valence-corrected chi connectivity index (χ2v) is 5.13. The first-order chi connectivity index (χ1) is 10.3. The van der Waals surface area contributed by atoms with Crippen molar-refractivity contribution in [1.29, 1.82) is 0 Å². The van der Waals surface area contributed by atoms with Crippen LogP contribution in [0.3, 0.4) is 0 Å². The fourth-order valence-corrected chi connectivity index (χ4v) is 2.67. The molecule has 3 rings (SSSR count). The van der Waals surface area contributed by atoms with Gasteiger partial charge >= 0.3 is 0 Å². The second kappa shape index (κ2) is 5.99. The molecule has 0 spiro atoms. The lowest BCUT2D eigenvalue weighted by atomic mass is 9.93. The molecule has 6 N–H and O–H groups in total. The van der Waals surface area contributed by atoms with Crippen molar-refractivity contribution in [3.05, 3.63) is 82.9 Å². The maximum atomic E-state index is 5.71.